The Labute approximate surface area is 112 Å². The number of H-pyrrole nitrogens is 1. The molecule has 1 aromatic carbocycles. The number of carbonyl (C=O) groups is 1. The number of rotatable bonds is 3. The largest absolute Gasteiger partial charge is 0.496 e. The monoisotopic (exact) mass is 310 g/mol. The molecule has 0 aliphatic carbocycles. The summed E-state index contributed by atoms with van der Waals surface area (Å²) >= 11 is 3.40. The Morgan fingerprint density at radius 1 is 1.39 bits per heavy atom. The van der Waals surface area contributed by atoms with Gasteiger partial charge in [0.25, 0.3) is 0 Å². The highest BCUT2D eigenvalue weighted by atomic mass is 79.9. The second-order valence-corrected chi connectivity index (χ2v) is 4.34. The second-order valence-electron chi connectivity index (χ2n) is 3.49. The quantitative estimate of drug-likeness (QED) is 0.885. The smallest absolute Gasteiger partial charge is 0.356 e. The summed E-state index contributed by atoms with van der Waals surface area (Å²) in [4.78, 5) is 18.3. The number of nitrogens with zero attached hydrogens (tertiary/aromatic N) is 1. The van der Waals surface area contributed by atoms with Gasteiger partial charge in [0.05, 0.1) is 24.9 Å². The minimum Gasteiger partial charge on any atom is -0.496 e. The predicted molar refractivity (Wildman–Crippen MR) is 69.6 cm³/mol. The Morgan fingerprint density at radius 2 is 2.17 bits per heavy atom. The maximum atomic E-state index is 11.3. The number of imidazole rings is 1. The van der Waals surface area contributed by atoms with E-state index in [1.54, 1.807) is 7.11 Å². The first-order valence-electron chi connectivity index (χ1n) is 5.13. The SMILES string of the molecule is COC(=O)c1cnc(-c2ccc(OC)c(Br)c2)[nH]1. The van der Waals surface area contributed by atoms with Gasteiger partial charge in [-0.25, -0.2) is 9.78 Å². The van der Waals surface area contributed by atoms with E-state index in [4.69, 9.17) is 4.74 Å². The fourth-order valence-corrected chi connectivity index (χ4v) is 2.04. The molecule has 0 radical (unpaired) electrons. The Bertz CT molecular complexity index is 580. The molecule has 0 fully saturated rings. The number of hydrogen-bond donors (Lipinski definition) is 1. The Balaban J connectivity index is 2.34. The third-order valence-corrected chi connectivity index (χ3v) is 3.03. The van der Waals surface area contributed by atoms with Gasteiger partial charge in [0.2, 0.25) is 0 Å². The van der Waals surface area contributed by atoms with E-state index in [0.717, 1.165) is 15.8 Å². The first kappa shape index (κ1) is 12.6. The van der Waals surface area contributed by atoms with Gasteiger partial charge in [-0.3, -0.25) is 0 Å². The van der Waals surface area contributed by atoms with Gasteiger partial charge in [0, 0.05) is 5.56 Å². The summed E-state index contributed by atoms with van der Waals surface area (Å²) in [7, 11) is 2.93. The van der Waals surface area contributed by atoms with E-state index in [-0.39, 0.29) is 0 Å². The summed E-state index contributed by atoms with van der Waals surface area (Å²) in [5.74, 6) is 0.888. The number of esters is 1. The van der Waals surface area contributed by atoms with Gasteiger partial charge in [-0.05, 0) is 34.1 Å². The fourth-order valence-electron chi connectivity index (χ4n) is 1.50. The maximum absolute atomic E-state index is 11.3. The fraction of sp³-hybridized carbons (Fsp3) is 0.167. The molecule has 0 aliphatic rings. The number of carbonyl (C=O) groups excluding carboxylic acids is 1. The molecule has 0 saturated heterocycles. The van der Waals surface area contributed by atoms with Crippen molar-refractivity contribution in [3.63, 3.8) is 0 Å². The third-order valence-electron chi connectivity index (χ3n) is 2.41. The highest BCUT2D eigenvalue weighted by Gasteiger charge is 2.11. The molecule has 5 nitrogen and oxygen atoms in total. The van der Waals surface area contributed by atoms with E-state index < -0.39 is 5.97 Å². The minimum atomic E-state index is -0.443. The third kappa shape index (κ3) is 2.38. The number of halogens is 1. The molecule has 2 rings (SSSR count). The van der Waals surface area contributed by atoms with E-state index in [2.05, 4.69) is 30.6 Å². The minimum absolute atomic E-state index is 0.319. The molecule has 94 valence electrons. The number of methoxy groups -OCH3 is 2. The van der Waals surface area contributed by atoms with Crippen molar-refractivity contribution in [2.24, 2.45) is 0 Å². The van der Waals surface area contributed by atoms with Crippen LogP contribution in [-0.2, 0) is 4.74 Å². The average Bonchev–Trinajstić information content (AvgIpc) is 2.87. The number of aromatic amines is 1. The van der Waals surface area contributed by atoms with Crippen LogP contribution in [0.2, 0.25) is 0 Å². The van der Waals surface area contributed by atoms with Gasteiger partial charge in [-0.1, -0.05) is 0 Å². The molecule has 1 N–H and O–H groups in total. The van der Waals surface area contributed by atoms with E-state index >= 15 is 0 Å². The van der Waals surface area contributed by atoms with Gasteiger partial charge < -0.3 is 14.5 Å². The normalized spacial score (nSPS) is 10.2. The average molecular weight is 311 g/mol. The van der Waals surface area contributed by atoms with Crippen LogP contribution in [-0.4, -0.2) is 30.2 Å². The molecule has 6 heteroatoms. The van der Waals surface area contributed by atoms with Crippen molar-refractivity contribution in [3.8, 4) is 17.1 Å². The summed E-state index contributed by atoms with van der Waals surface area (Å²) in [5, 5.41) is 0. The van der Waals surface area contributed by atoms with Gasteiger partial charge in [-0.15, -0.1) is 0 Å². The van der Waals surface area contributed by atoms with Crippen molar-refractivity contribution in [2.75, 3.05) is 14.2 Å². The zero-order chi connectivity index (χ0) is 13.1. The van der Waals surface area contributed by atoms with Crippen molar-refractivity contribution in [3.05, 3.63) is 34.6 Å². The lowest BCUT2D eigenvalue weighted by molar-refractivity contribution is 0.0595. The van der Waals surface area contributed by atoms with Crippen LogP contribution in [0.1, 0.15) is 10.5 Å². The molecule has 0 saturated carbocycles. The van der Waals surface area contributed by atoms with Crippen LogP contribution in [0.15, 0.2) is 28.9 Å². The molecule has 0 spiro atoms. The van der Waals surface area contributed by atoms with E-state index in [0.29, 0.717) is 11.5 Å². The first-order valence-corrected chi connectivity index (χ1v) is 5.92. The van der Waals surface area contributed by atoms with E-state index in [1.165, 1.54) is 13.3 Å². The van der Waals surface area contributed by atoms with Crippen molar-refractivity contribution >= 4 is 21.9 Å². The van der Waals surface area contributed by atoms with Crippen LogP contribution < -0.4 is 4.74 Å². The molecule has 0 atom stereocenters. The molecule has 0 unspecified atom stereocenters. The van der Waals surface area contributed by atoms with E-state index in [9.17, 15) is 4.79 Å². The zero-order valence-electron chi connectivity index (χ0n) is 9.86. The molecular weight excluding hydrogens is 300 g/mol. The lowest BCUT2D eigenvalue weighted by atomic mass is 10.2. The van der Waals surface area contributed by atoms with Crippen molar-refractivity contribution in [1.29, 1.82) is 0 Å². The van der Waals surface area contributed by atoms with Crippen LogP contribution in [0.5, 0.6) is 5.75 Å². The van der Waals surface area contributed by atoms with Gasteiger partial charge in [0.1, 0.15) is 17.3 Å². The van der Waals surface area contributed by atoms with Crippen LogP contribution >= 0.6 is 15.9 Å². The second kappa shape index (κ2) is 5.22. The number of aromatic nitrogens is 2. The Hall–Kier alpha value is -1.82. The molecular formula is C12H11BrN2O3. The number of hydrogen-bond acceptors (Lipinski definition) is 4. The number of benzene rings is 1. The first-order chi connectivity index (χ1) is 8.65. The summed E-state index contributed by atoms with van der Waals surface area (Å²) in [6.07, 6.45) is 1.44. The Kier molecular flexibility index (Phi) is 3.66. The molecule has 0 amide bonds. The summed E-state index contributed by atoms with van der Waals surface area (Å²) < 4.78 is 10.6. The molecule has 2 aromatic rings. The summed E-state index contributed by atoms with van der Waals surface area (Å²) in [6, 6.07) is 5.53. The van der Waals surface area contributed by atoms with Crippen molar-refractivity contribution in [1.82, 2.24) is 9.97 Å². The van der Waals surface area contributed by atoms with E-state index in [1.807, 2.05) is 18.2 Å². The highest BCUT2D eigenvalue weighted by molar-refractivity contribution is 9.10. The van der Waals surface area contributed by atoms with Crippen molar-refractivity contribution in [2.45, 2.75) is 0 Å². The summed E-state index contributed by atoms with van der Waals surface area (Å²) in [6.45, 7) is 0. The molecule has 0 bridgehead atoms. The van der Waals surface area contributed by atoms with Crippen LogP contribution in [0.25, 0.3) is 11.4 Å². The highest BCUT2D eigenvalue weighted by Crippen LogP contribution is 2.29. The molecule has 0 aliphatic heterocycles. The van der Waals surface area contributed by atoms with Crippen LogP contribution in [0, 0.1) is 0 Å². The van der Waals surface area contributed by atoms with Gasteiger partial charge in [0.15, 0.2) is 0 Å². The van der Waals surface area contributed by atoms with Crippen molar-refractivity contribution < 1.29 is 14.3 Å². The zero-order valence-corrected chi connectivity index (χ0v) is 11.4. The number of ether oxygens (including phenoxy) is 2. The predicted octanol–water partition coefficient (Wildman–Crippen LogP) is 2.63. The lowest BCUT2D eigenvalue weighted by Crippen LogP contribution is -2.00. The molecule has 1 heterocycles. The summed E-state index contributed by atoms with van der Waals surface area (Å²) in [5.41, 5.74) is 1.16. The van der Waals surface area contributed by atoms with Gasteiger partial charge in [-0.2, -0.15) is 0 Å². The topological polar surface area (TPSA) is 64.2 Å². The lowest BCUT2D eigenvalue weighted by Gasteiger charge is -2.04. The molecule has 18 heavy (non-hydrogen) atoms. The van der Waals surface area contributed by atoms with Crippen LogP contribution in [0.3, 0.4) is 0 Å². The maximum Gasteiger partial charge on any atom is 0.356 e. The Morgan fingerprint density at radius 3 is 2.78 bits per heavy atom. The number of nitrogens with one attached hydrogen (secondary N) is 1. The molecule has 1 aromatic heterocycles. The van der Waals surface area contributed by atoms with Crippen LogP contribution in [0.4, 0.5) is 0 Å². The van der Waals surface area contributed by atoms with Gasteiger partial charge >= 0.3 is 5.97 Å². The standard InChI is InChI=1S/C12H11BrN2O3/c1-17-10-4-3-7(5-8(10)13)11-14-6-9(15-11)12(16)18-2/h3-6H,1-2H3,(H,14,15).